The van der Waals surface area contributed by atoms with E-state index in [0.29, 0.717) is 0 Å². The second kappa shape index (κ2) is 3.01. The molecular weight excluding hydrogens is 128 g/mol. The van der Waals surface area contributed by atoms with Crippen molar-refractivity contribution in [2.45, 2.75) is 0 Å². The van der Waals surface area contributed by atoms with Crippen LogP contribution in [0.5, 0.6) is 0 Å². The summed E-state index contributed by atoms with van der Waals surface area (Å²) in [6, 6.07) is 0. The number of hydrogen-bond donors (Lipinski definition) is 0. The van der Waals surface area contributed by atoms with E-state index < -0.39 is 0 Å². The maximum atomic E-state index is 10.7. The molecule has 1 fully saturated rings. The minimum absolute atomic E-state index is 0.0481. The number of carbonyl (C=O) groups excluding carboxylic acids is 1. The Morgan fingerprint density at radius 3 is 2.20 bits per heavy atom. The molecule has 1 saturated heterocycles. The van der Waals surface area contributed by atoms with Crippen LogP contribution in [0.25, 0.3) is 0 Å². The molecule has 0 unspecified atom stereocenters. The third-order valence-corrected chi connectivity index (χ3v) is 1.86. The van der Waals surface area contributed by atoms with E-state index in [0.717, 1.165) is 26.2 Å². The molecule has 1 amide bonds. The smallest absolute Gasteiger partial charge is 0.223 e. The summed E-state index contributed by atoms with van der Waals surface area (Å²) >= 11 is 0. The van der Waals surface area contributed by atoms with Crippen molar-refractivity contribution < 1.29 is 4.79 Å². The number of nitrogens with zero attached hydrogens (tertiary/aromatic N) is 2. The molecule has 1 rings (SSSR count). The van der Waals surface area contributed by atoms with E-state index in [9.17, 15) is 4.79 Å². The zero-order valence-electron chi connectivity index (χ0n) is 6.34. The highest BCUT2D eigenvalue weighted by molar-refractivity contribution is 5.80. The van der Waals surface area contributed by atoms with Crippen molar-refractivity contribution in [3.63, 3.8) is 0 Å². The van der Waals surface area contributed by atoms with Gasteiger partial charge < -0.3 is 9.80 Å². The summed E-state index contributed by atoms with van der Waals surface area (Å²) in [4.78, 5) is 14.7. The fourth-order valence-corrected chi connectivity index (χ4v) is 1.06. The molecule has 3 nitrogen and oxygen atoms in total. The summed E-state index contributed by atoms with van der Waals surface area (Å²) in [6.07, 6.45) is 0. The van der Waals surface area contributed by atoms with Crippen LogP contribution >= 0.6 is 0 Å². The molecule has 1 aliphatic rings. The number of amides is 1. The van der Waals surface area contributed by atoms with Gasteiger partial charge in [0.05, 0.1) is 0 Å². The van der Waals surface area contributed by atoms with Crippen molar-refractivity contribution >= 4 is 5.91 Å². The van der Waals surface area contributed by atoms with Gasteiger partial charge in [-0.2, -0.15) is 0 Å². The Hall–Kier alpha value is -0.570. The highest BCUT2D eigenvalue weighted by atomic mass is 16.2. The van der Waals surface area contributed by atoms with Crippen LogP contribution in [-0.4, -0.2) is 48.9 Å². The summed E-state index contributed by atoms with van der Waals surface area (Å²) < 4.78 is 0. The van der Waals surface area contributed by atoms with Crippen LogP contribution in [-0.2, 0) is 4.79 Å². The quantitative estimate of drug-likeness (QED) is 0.458. The van der Waals surface area contributed by atoms with Gasteiger partial charge in [0.1, 0.15) is 0 Å². The lowest BCUT2D eigenvalue weighted by Gasteiger charge is -2.31. The van der Waals surface area contributed by atoms with Crippen molar-refractivity contribution in [1.82, 2.24) is 9.80 Å². The Kier molecular flexibility index (Phi) is 2.27. The Balaban J connectivity index is 2.33. The first-order valence-electron chi connectivity index (χ1n) is 3.49. The van der Waals surface area contributed by atoms with Crippen LogP contribution in [0.2, 0.25) is 0 Å². The van der Waals surface area contributed by atoms with E-state index in [-0.39, 0.29) is 5.91 Å². The molecule has 0 spiro atoms. The maximum Gasteiger partial charge on any atom is 0.223 e. The predicted molar refractivity (Wildman–Crippen MR) is 39.4 cm³/mol. The van der Waals surface area contributed by atoms with E-state index in [1.165, 1.54) is 0 Å². The Morgan fingerprint density at radius 2 is 1.80 bits per heavy atom. The normalized spacial score (nSPS) is 21.2. The second-order valence-corrected chi connectivity index (χ2v) is 2.68. The van der Waals surface area contributed by atoms with Gasteiger partial charge in [0.2, 0.25) is 5.91 Å². The predicted octanol–water partition coefficient (Wildman–Crippen LogP) is -0.406. The van der Waals surface area contributed by atoms with Gasteiger partial charge in [-0.1, -0.05) is 0 Å². The molecule has 57 valence electrons. The van der Waals surface area contributed by atoms with Gasteiger partial charge >= 0.3 is 0 Å². The molecule has 0 saturated carbocycles. The molecule has 0 aromatic carbocycles. The average Bonchev–Trinajstić information content (AvgIpc) is 1.88. The van der Waals surface area contributed by atoms with Crippen LogP contribution < -0.4 is 0 Å². The molecule has 3 heteroatoms. The van der Waals surface area contributed by atoms with Crippen molar-refractivity contribution in [2.24, 2.45) is 0 Å². The summed E-state index contributed by atoms with van der Waals surface area (Å²) in [7, 11) is 2.06. The molecule has 0 atom stereocenters. The molecule has 0 aromatic heterocycles. The van der Waals surface area contributed by atoms with Gasteiger partial charge in [0.25, 0.3) is 0 Å². The summed E-state index contributed by atoms with van der Waals surface area (Å²) in [5.41, 5.74) is 0. The molecular formula is C7H13N2O. The standard InChI is InChI=1S/C7H13N2O/c1-7(10)9-5-3-8(2)4-6-9/h1,3-6H2,2H3. The fourth-order valence-electron chi connectivity index (χ4n) is 1.06. The largest absolute Gasteiger partial charge is 0.340 e. The topological polar surface area (TPSA) is 23.6 Å². The van der Waals surface area contributed by atoms with E-state index in [2.05, 4.69) is 18.9 Å². The van der Waals surface area contributed by atoms with Gasteiger partial charge in [-0.25, -0.2) is 0 Å². The SMILES string of the molecule is [CH2]C(=O)N1CCN(C)CC1. The lowest BCUT2D eigenvalue weighted by atomic mass is 10.3. The maximum absolute atomic E-state index is 10.7. The monoisotopic (exact) mass is 141 g/mol. The Bertz CT molecular complexity index is 128. The summed E-state index contributed by atoms with van der Waals surface area (Å²) in [6.45, 7) is 6.97. The molecule has 1 radical (unpaired) electrons. The van der Waals surface area contributed by atoms with Crippen LogP contribution in [0.4, 0.5) is 0 Å². The highest BCUT2D eigenvalue weighted by Crippen LogP contribution is 1.97. The number of rotatable bonds is 0. The van der Waals surface area contributed by atoms with Crippen molar-refractivity contribution in [3.05, 3.63) is 6.92 Å². The average molecular weight is 141 g/mol. The molecule has 1 heterocycles. The number of piperazine rings is 1. The van der Waals surface area contributed by atoms with Crippen LogP contribution in [0.15, 0.2) is 0 Å². The first-order valence-corrected chi connectivity index (χ1v) is 3.49. The van der Waals surface area contributed by atoms with Crippen molar-refractivity contribution in [2.75, 3.05) is 33.2 Å². The molecule has 0 bridgehead atoms. The second-order valence-electron chi connectivity index (χ2n) is 2.68. The highest BCUT2D eigenvalue weighted by Gasteiger charge is 2.14. The fraction of sp³-hybridized carbons (Fsp3) is 0.714. The third kappa shape index (κ3) is 1.70. The van der Waals surface area contributed by atoms with Gasteiger partial charge in [-0.05, 0) is 7.05 Å². The zero-order valence-corrected chi connectivity index (χ0v) is 6.34. The van der Waals surface area contributed by atoms with E-state index >= 15 is 0 Å². The first-order chi connectivity index (χ1) is 4.70. The summed E-state index contributed by atoms with van der Waals surface area (Å²) in [5.74, 6) is -0.0481. The summed E-state index contributed by atoms with van der Waals surface area (Å²) in [5, 5.41) is 0. The van der Waals surface area contributed by atoms with E-state index in [1.807, 2.05) is 0 Å². The van der Waals surface area contributed by atoms with Gasteiger partial charge in [-0.3, -0.25) is 4.79 Å². The molecule has 0 aromatic rings. The lowest BCUT2D eigenvalue weighted by molar-refractivity contribution is -0.127. The van der Waals surface area contributed by atoms with Crippen molar-refractivity contribution in [1.29, 1.82) is 0 Å². The van der Waals surface area contributed by atoms with Crippen LogP contribution in [0, 0.1) is 6.92 Å². The van der Waals surface area contributed by atoms with Gasteiger partial charge in [0.15, 0.2) is 0 Å². The first kappa shape index (κ1) is 7.54. The van der Waals surface area contributed by atoms with E-state index in [4.69, 9.17) is 0 Å². The minimum atomic E-state index is -0.0481. The zero-order chi connectivity index (χ0) is 7.56. The molecule has 10 heavy (non-hydrogen) atoms. The van der Waals surface area contributed by atoms with Crippen LogP contribution in [0.3, 0.4) is 0 Å². The molecule has 1 aliphatic heterocycles. The number of carbonyl (C=O) groups is 1. The number of likely N-dealkylation sites (N-methyl/N-ethyl adjacent to an activating group) is 1. The lowest BCUT2D eigenvalue weighted by Crippen LogP contribution is -2.46. The van der Waals surface area contributed by atoms with Gasteiger partial charge in [-0.15, -0.1) is 0 Å². The minimum Gasteiger partial charge on any atom is -0.340 e. The Morgan fingerprint density at radius 1 is 1.30 bits per heavy atom. The van der Waals surface area contributed by atoms with Crippen molar-refractivity contribution in [3.8, 4) is 0 Å². The molecule has 0 aliphatic carbocycles. The van der Waals surface area contributed by atoms with Crippen LogP contribution in [0.1, 0.15) is 0 Å². The van der Waals surface area contributed by atoms with E-state index in [1.54, 1.807) is 4.90 Å². The van der Waals surface area contributed by atoms with Gasteiger partial charge in [0, 0.05) is 33.1 Å². The number of hydrogen-bond acceptors (Lipinski definition) is 2. The third-order valence-electron chi connectivity index (χ3n) is 1.86. The Labute approximate surface area is 61.6 Å². The molecule has 0 N–H and O–H groups in total.